The first-order valence-electron chi connectivity index (χ1n) is 8.96. The van der Waals surface area contributed by atoms with Crippen LogP contribution >= 0.6 is 0 Å². The summed E-state index contributed by atoms with van der Waals surface area (Å²) >= 11 is 0. The molecule has 22 heavy (non-hydrogen) atoms. The van der Waals surface area contributed by atoms with E-state index in [1.807, 2.05) is 0 Å². The van der Waals surface area contributed by atoms with Gasteiger partial charge in [0.2, 0.25) is 0 Å². The van der Waals surface area contributed by atoms with E-state index in [1.54, 1.807) is 0 Å². The minimum Gasteiger partial charge on any atom is -0.381 e. The average Bonchev–Trinajstić information content (AvgIpc) is 2.96. The highest BCUT2D eigenvalue weighted by Crippen LogP contribution is 2.15. The molecule has 2 heterocycles. The van der Waals surface area contributed by atoms with E-state index in [4.69, 9.17) is 4.74 Å². The summed E-state index contributed by atoms with van der Waals surface area (Å²) in [5.74, 6) is 0.782. The van der Waals surface area contributed by atoms with Gasteiger partial charge in [-0.05, 0) is 56.8 Å². The van der Waals surface area contributed by atoms with Gasteiger partial charge in [-0.1, -0.05) is 30.3 Å². The van der Waals surface area contributed by atoms with Gasteiger partial charge in [-0.3, -0.25) is 0 Å². The summed E-state index contributed by atoms with van der Waals surface area (Å²) in [7, 11) is 0. The minimum absolute atomic E-state index is 0.782. The van der Waals surface area contributed by atoms with Crippen molar-refractivity contribution in [2.75, 3.05) is 52.5 Å². The largest absolute Gasteiger partial charge is 0.381 e. The zero-order valence-electron chi connectivity index (χ0n) is 13.8. The summed E-state index contributed by atoms with van der Waals surface area (Å²) < 4.78 is 5.51. The quantitative estimate of drug-likeness (QED) is 0.803. The topological polar surface area (TPSA) is 15.7 Å². The molecule has 0 aromatic heterocycles. The van der Waals surface area contributed by atoms with E-state index in [1.165, 1.54) is 70.5 Å². The van der Waals surface area contributed by atoms with Crippen LogP contribution in [0.1, 0.15) is 24.8 Å². The predicted molar refractivity (Wildman–Crippen MR) is 91.2 cm³/mol. The lowest BCUT2D eigenvalue weighted by Gasteiger charge is -2.23. The first-order chi connectivity index (χ1) is 10.9. The summed E-state index contributed by atoms with van der Waals surface area (Å²) in [4.78, 5) is 5.32. The fraction of sp³-hybridized carbons (Fsp3) is 0.684. The van der Waals surface area contributed by atoms with E-state index in [0.717, 1.165) is 19.1 Å². The molecular weight excluding hydrogens is 272 g/mol. The number of aryl methyl sites for hydroxylation is 1. The van der Waals surface area contributed by atoms with E-state index in [2.05, 4.69) is 40.1 Å². The van der Waals surface area contributed by atoms with Gasteiger partial charge in [0.25, 0.3) is 0 Å². The Balaban J connectivity index is 1.35. The van der Waals surface area contributed by atoms with Crippen LogP contribution in [0.3, 0.4) is 0 Å². The Morgan fingerprint density at radius 3 is 2.64 bits per heavy atom. The molecule has 1 atom stereocenters. The number of rotatable bonds is 6. The highest BCUT2D eigenvalue weighted by atomic mass is 16.5. The monoisotopic (exact) mass is 302 g/mol. The SMILES string of the molecule is c1ccc(CCCN2CCCN(C[C@H]3CCOC3)CC2)cc1. The molecule has 0 unspecified atom stereocenters. The maximum absolute atomic E-state index is 5.51. The van der Waals surface area contributed by atoms with Crippen LogP contribution < -0.4 is 0 Å². The van der Waals surface area contributed by atoms with E-state index in [0.29, 0.717) is 0 Å². The lowest BCUT2D eigenvalue weighted by atomic mass is 10.1. The third-order valence-corrected chi connectivity index (χ3v) is 5.00. The van der Waals surface area contributed by atoms with Gasteiger partial charge in [0.05, 0.1) is 6.61 Å². The standard InChI is InChI=1S/C19H30N2O/c1-2-6-18(7-3-1)8-4-10-20-11-5-12-21(14-13-20)16-19-9-15-22-17-19/h1-3,6-7,19H,4-5,8-17H2/t19-/m1/s1. The maximum Gasteiger partial charge on any atom is 0.0507 e. The predicted octanol–water partition coefficient (Wildman–Crippen LogP) is 2.66. The second kappa shape index (κ2) is 8.66. The molecule has 3 rings (SSSR count). The molecule has 3 heteroatoms. The molecule has 0 N–H and O–H groups in total. The lowest BCUT2D eigenvalue weighted by Crippen LogP contribution is -2.34. The minimum atomic E-state index is 0.782. The molecule has 2 aliphatic heterocycles. The first kappa shape index (κ1) is 16.0. The van der Waals surface area contributed by atoms with Gasteiger partial charge in [0, 0.05) is 26.2 Å². The molecule has 0 saturated carbocycles. The molecule has 2 saturated heterocycles. The van der Waals surface area contributed by atoms with Gasteiger partial charge in [-0.25, -0.2) is 0 Å². The van der Waals surface area contributed by atoms with Crippen LogP contribution in [-0.4, -0.2) is 62.3 Å². The molecule has 122 valence electrons. The smallest absolute Gasteiger partial charge is 0.0507 e. The van der Waals surface area contributed by atoms with Crippen molar-refractivity contribution in [3.8, 4) is 0 Å². The number of benzene rings is 1. The van der Waals surface area contributed by atoms with E-state index < -0.39 is 0 Å². The Hall–Kier alpha value is -0.900. The van der Waals surface area contributed by atoms with Crippen LogP contribution in [-0.2, 0) is 11.2 Å². The van der Waals surface area contributed by atoms with Crippen molar-refractivity contribution in [3.05, 3.63) is 35.9 Å². The Labute approximate surface area is 135 Å². The van der Waals surface area contributed by atoms with Gasteiger partial charge in [0.15, 0.2) is 0 Å². The van der Waals surface area contributed by atoms with Crippen molar-refractivity contribution in [1.29, 1.82) is 0 Å². The molecule has 0 spiro atoms. The second-order valence-corrected chi connectivity index (χ2v) is 6.81. The van der Waals surface area contributed by atoms with Crippen molar-refractivity contribution in [3.63, 3.8) is 0 Å². The average molecular weight is 302 g/mol. The van der Waals surface area contributed by atoms with Gasteiger partial charge in [-0.15, -0.1) is 0 Å². The van der Waals surface area contributed by atoms with E-state index >= 15 is 0 Å². The summed E-state index contributed by atoms with van der Waals surface area (Å²) in [6.45, 7) is 9.47. The van der Waals surface area contributed by atoms with Crippen LogP contribution in [0.25, 0.3) is 0 Å². The number of hydrogen-bond acceptors (Lipinski definition) is 3. The highest BCUT2D eigenvalue weighted by molar-refractivity contribution is 5.14. The van der Waals surface area contributed by atoms with Crippen molar-refractivity contribution in [2.24, 2.45) is 5.92 Å². The highest BCUT2D eigenvalue weighted by Gasteiger charge is 2.21. The molecule has 1 aromatic rings. The molecule has 3 nitrogen and oxygen atoms in total. The van der Waals surface area contributed by atoms with Crippen molar-refractivity contribution < 1.29 is 4.74 Å². The van der Waals surface area contributed by atoms with Crippen molar-refractivity contribution >= 4 is 0 Å². The number of nitrogens with zero attached hydrogens (tertiary/aromatic N) is 2. The Morgan fingerprint density at radius 2 is 1.82 bits per heavy atom. The molecule has 2 fully saturated rings. The molecule has 0 radical (unpaired) electrons. The van der Waals surface area contributed by atoms with Crippen LogP contribution in [0, 0.1) is 5.92 Å². The van der Waals surface area contributed by atoms with Crippen molar-refractivity contribution in [1.82, 2.24) is 9.80 Å². The summed E-state index contributed by atoms with van der Waals surface area (Å²) in [6, 6.07) is 10.9. The molecule has 0 aliphatic carbocycles. The summed E-state index contributed by atoms with van der Waals surface area (Å²) in [5, 5.41) is 0. The summed E-state index contributed by atoms with van der Waals surface area (Å²) in [5.41, 5.74) is 1.47. The molecule has 0 amide bonds. The fourth-order valence-corrected chi connectivity index (χ4v) is 3.67. The number of ether oxygens (including phenoxy) is 1. The zero-order valence-corrected chi connectivity index (χ0v) is 13.8. The van der Waals surface area contributed by atoms with Crippen molar-refractivity contribution in [2.45, 2.75) is 25.7 Å². The van der Waals surface area contributed by atoms with Gasteiger partial charge < -0.3 is 14.5 Å². The third kappa shape index (κ3) is 5.08. The molecule has 1 aromatic carbocycles. The van der Waals surface area contributed by atoms with Crippen LogP contribution in [0.4, 0.5) is 0 Å². The van der Waals surface area contributed by atoms with Gasteiger partial charge in [-0.2, -0.15) is 0 Å². The van der Waals surface area contributed by atoms with Gasteiger partial charge >= 0.3 is 0 Å². The zero-order chi connectivity index (χ0) is 15.0. The maximum atomic E-state index is 5.51. The summed E-state index contributed by atoms with van der Waals surface area (Å²) in [6.07, 6.45) is 5.07. The first-order valence-corrected chi connectivity index (χ1v) is 8.96. The normalized spacial score (nSPS) is 24.5. The lowest BCUT2D eigenvalue weighted by molar-refractivity contribution is 0.167. The van der Waals surface area contributed by atoms with Crippen LogP contribution in [0.2, 0.25) is 0 Å². The van der Waals surface area contributed by atoms with Gasteiger partial charge in [0.1, 0.15) is 0 Å². The molecular formula is C19H30N2O. The fourth-order valence-electron chi connectivity index (χ4n) is 3.67. The Bertz CT molecular complexity index is 417. The number of hydrogen-bond donors (Lipinski definition) is 0. The van der Waals surface area contributed by atoms with Crippen LogP contribution in [0.5, 0.6) is 0 Å². The van der Waals surface area contributed by atoms with E-state index in [9.17, 15) is 0 Å². The Kier molecular flexibility index (Phi) is 6.29. The second-order valence-electron chi connectivity index (χ2n) is 6.81. The third-order valence-electron chi connectivity index (χ3n) is 5.00. The van der Waals surface area contributed by atoms with E-state index in [-0.39, 0.29) is 0 Å². The molecule has 0 bridgehead atoms. The Morgan fingerprint density at radius 1 is 1.00 bits per heavy atom. The molecule has 2 aliphatic rings. The van der Waals surface area contributed by atoms with Crippen LogP contribution in [0.15, 0.2) is 30.3 Å².